The van der Waals surface area contributed by atoms with Gasteiger partial charge in [-0.05, 0) is 25.1 Å². The van der Waals surface area contributed by atoms with Gasteiger partial charge < -0.3 is 20.4 Å². The van der Waals surface area contributed by atoms with E-state index in [1.54, 1.807) is 24.5 Å². The predicted octanol–water partition coefficient (Wildman–Crippen LogP) is 1.41. The molecule has 4 N–H and O–H groups in total. The molecule has 0 aliphatic carbocycles. The molecule has 0 spiro atoms. The van der Waals surface area contributed by atoms with Gasteiger partial charge in [0.05, 0.1) is 12.6 Å². The first-order valence-corrected chi connectivity index (χ1v) is 7.88. The molecule has 26 heavy (non-hydrogen) atoms. The van der Waals surface area contributed by atoms with Gasteiger partial charge in [0, 0.05) is 46.7 Å². The Kier molecular flexibility index (Phi) is 4.68. The number of pyridine rings is 2. The Bertz CT molecular complexity index is 1070. The number of hydrogen-bond donors (Lipinski definition) is 3. The summed E-state index contributed by atoms with van der Waals surface area (Å²) in [6.45, 7) is 1.50. The van der Waals surface area contributed by atoms with E-state index >= 15 is 0 Å². The summed E-state index contributed by atoms with van der Waals surface area (Å²) in [5.74, 6) is -1.48. The number of amides is 1. The molecule has 0 radical (unpaired) electrons. The maximum Gasteiger partial charge on any atom is 0.286 e. The summed E-state index contributed by atoms with van der Waals surface area (Å²) in [4.78, 5) is 30.0. The van der Waals surface area contributed by atoms with Crippen molar-refractivity contribution in [1.29, 1.82) is 0 Å². The van der Waals surface area contributed by atoms with Gasteiger partial charge in [-0.15, -0.1) is 0 Å². The average Bonchev–Trinajstić information content (AvgIpc) is 2.98. The van der Waals surface area contributed by atoms with Gasteiger partial charge in [0.15, 0.2) is 5.82 Å². The highest BCUT2D eigenvalue weighted by molar-refractivity contribution is 5.95. The minimum Gasteiger partial charge on any atom is -0.392 e. The Hall–Kier alpha value is -3.26. The third kappa shape index (κ3) is 3.55. The predicted molar refractivity (Wildman–Crippen MR) is 95.7 cm³/mol. The number of nitrogens with zero attached hydrogens (tertiary/aromatic N) is 2. The maximum absolute atomic E-state index is 14.0. The highest BCUT2D eigenvalue weighted by atomic mass is 19.1. The van der Waals surface area contributed by atoms with Crippen LogP contribution in [-0.2, 0) is 11.3 Å². The number of halogens is 1. The van der Waals surface area contributed by atoms with Gasteiger partial charge >= 0.3 is 0 Å². The fourth-order valence-corrected chi connectivity index (χ4v) is 2.67. The minimum atomic E-state index is -0.911. The number of aromatic nitrogens is 3. The Morgan fingerprint density at radius 1 is 1.46 bits per heavy atom. The second kappa shape index (κ2) is 6.93. The van der Waals surface area contributed by atoms with Crippen molar-refractivity contribution < 1.29 is 14.3 Å². The molecule has 3 aromatic heterocycles. The number of fused-ring (bicyclic) bond motifs is 1. The molecule has 3 heterocycles. The Morgan fingerprint density at radius 2 is 2.23 bits per heavy atom. The van der Waals surface area contributed by atoms with Crippen LogP contribution >= 0.6 is 0 Å². The molecule has 0 aliphatic rings. The summed E-state index contributed by atoms with van der Waals surface area (Å²) < 4.78 is 15.1. The lowest BCUT2D eigenvalue weighted by Gasteiger charge is -2.11. The number of primary amides is 1. The van der Waals surface area contributed by atoms with Crippen LogP contribution in [0.15, 0.2) is 41.6 Å². The largest absolute Gasteiger partial charge is 0.392 e. The van der Waals surface area contributed by atoms with Crippen molar-refractivity contribution in [2.75, 3.05) is 0 Å². The Labute approximate surface area is 147 Å². The standard InChI is InChI=1S/C18H17FN4O3/c1-10(24)8-23-9-13(5-15(19)18(23)26)12-4-14-11(2-3-16(20)25)6-21-17(14)22-7-12/h2-7,9-10,24H,8H2,1H3,(H2,20,25)(H,21,22)/b3-2+/t10-/m0/s1. The summed E-state index contributed by atoms with van der Waals surface area (Å²) in [6.07, 6.45) is 6.70. The maximum atomic E-state index is 14.0. The second-order valence-corrected chi connectivity index (χ2v) is 5.98. The molecule has 1 amide bonds. The van der Waals surface area contributed by atoms with Crippen molar-refractivity contribution in [3.8, 4) is 11.1 Å². The molecule has 0 fully saturated rings. The summed E-state index contributed by atoms with van der Waals surface area (Å²) in [7, 11) is 0. The van der Waals surface area contributed by atoms with Crippen molar-refractivity contribution in [3.05, 3.63) is 58.5 Å². The number of aromatic amines is 1. The summed E-state index contributed by atoms with van der Waals surface area (Å²) in [6, 6.07) is 2.90. The lowest BCUT2D eigenvalue weighted by molar-refractivity contribution is -0.113. The van der Waals surface area contributed by atoms with Gasteiger partial charge in [0.2, 0.25) is 5.91 Å². The molecule has 0 aromatic carbocycles. The number of nitrogens with two attached hydrogens (primary N) is 1. The molecule has 134 valence electrons. The van der Waals surface area contributed by atoms with Crippen molar-refractivity contribution in [2.24, 2.45) is 5.73 Å². The number of nitrogens with one attached hydrogen (secondary N) is 1. The van der Waals surface area contributed by atoms with E-state index in [1.165, 1.54) is 19.2 Å². The lowest BCUT2D eigenvalue weighted by Crippen LogP contribution is -2.27. The fourth-order valence-electron chi connectivity index (χ4n) is 2.67. The first-order valence-electron chi connectivity index (χ1n) is 7.88. The van der Waals surface area contributed by atoms with E-state index in [1.807, 2.05) is 0 Å². The number of carbonyl (C=O) groups excluding carboxylic acids is 1. The molecule has 0 aliphatic heterocycles. The average molecular weight is 356 g/mol. The van der Waals surface area contributed by atoms with Crippen LogP contribution in [0.4, 0.5) is 4.39 Å². The van der Waals surface area contributed by atoms with Crippen molar-refractivity contribution in [1.82, 2.24) is 14.5 Å². The van der Waals surface area contributed by atoms with Crippen LogP contribution in [0.1, 0.15) is 12.5 Å². The number of H-pyrrole nitrogens is 1. The van der Waals surface area contributed by atoms with E-state index in [0.717, 1.165) is 10.6 Å². The highest BCUT2D eigenvalue weighted by Crippen LogP contribution is 2.25. The molecule has 1 atom stereocenters. The van der Waals surface area contributed by atoms with Crippen LogP contribution in [0, 0.1) is 5.82 Å². The van der Waals surface area contributed by atoms with E-state index in [9.17, 15) is 19.1 Å². The summed E-state index contributed by atoms with van der Waals surface area (Å²) in [5.41, 5.74) is 6.65. The van der Waals surface area contributed by atoms with Crippen LogP contribution in [-0.4, -0.2) is 31.7 Å². The first kappa shape index (κ1) is 17.6. The van der Waals surface area contributed by atoms with Gasteiger partial charge in [-0.3, -0.25) is 9.59 Å². The quantitative estimate of drug-likeness (QED) is 0.600. The molecule has 7 nitrogen and oxygen atoms in total. The van der Waals surface area contributed by atoms with Crippen LogP contribution in [0.25, 0.3) is 28.2 Å². The fraction of sp³-hybridized carbons (Fsp3) is 0.167. The number of carbonyl (C=O) groups is 1. The number of aliphatic hydroxyl groups excluding tert-OH is 1. The zero-order chi connectivity index (χ0) is 18.8. The number of hydrogen-bond acceptors (Lipinski definition) is 4. The van der Waals surface area contributed by atoms with E-state index in [2.05, 4.69) is 9.97 Å². The Morgan fingerprint density at radius 3 is 2.92 bits per heavy atom. The van der Waals surface area contributed by atoms with Gasteiger partial charge in [0.25, 0.3) is 5.56 Å². The van der Waals surface area contributed by atoms with Crippen LogP contribution in [0.3, 0.4) is 0 Å². The van der Waals surface area contributed by atoms with Crippen molar-refractivity contribution in [2.45, 2.75) is 19.6 Å². The van der Waals surface area contributed by atoms with Crippen LogP contribution < -0.4 is 11.3 Å². The molecule has 0 unspecified atom stereocenters. The SMILES string of the molecule is C[C@H](O)Cn1cc(-c2cnc3[nH]cc(/C=C/C(N)=O)c3c2)cc(F)c1=O. The zero-order valence-electron chi connectivity index (χ0n) is 13.9. The van der Waals surface area contributed by atoms with E-state index in [0.29, 0.717) is 27.7 Å². The monoisotopic (exact) mass is 356 g/mol. The first-order chi connectivity index (χ1) is 12.3. The van der Waals surface area contributed by atoms with E-state index in [4.69, 9.17) is 5.73 Å². The van der Waals surface area contributed by atoms with E-state index in [-0.39, 0.29) is 6.54 Å². The summed E-state index contributed by atoms with van der Waals surface area (Å²) >= 11 is 0. The molecule has 8 heteroatoms. The molecule has 0 saturated heterocycles. The third-order valence-corrected chi connectivity index (χ3v) is 3.83. The minimum absolute atomic E-state index is 0.0178. The lowest BCUT2D eigenvalue weighted by atomic mass is 10.1. The van der Waals surface area contributed by atoms with Crippen LogP contribution in [0.5, 0.6) is 0 Å². The normalized spacial score (nSPS) is 12.7. The van der Waals surface area contributed by atoms with E-state index < -0.39 is 23.4 Å². The van der Waals surface area contributed by atoms with Crippen molar-refractivity contribution in [3.63, 3.8) is 0 Å². The molecule has 3 aromatic rings. The smallest absolute Gasteiger partial charge is 0.286 e. The topological polar surface area (TPSA) is 114 Å². The second-order valence-electron chi connectivity index (χ2n) is 5.98. The third-order valence-electron chi connectivity index (χ3n) is 3.83. The van der Waals surface area contributed by atoms with Gasteiger partial charge in [-0.1, -0.05) is 0 Å². The molecule has 0 saturated carbocycles. The van der Waals surface area contributed by atoms with Gasteiger partial charge in [0.1, 0.15) is 5.65 Å². The van der Waals surface area contributed by atoms with Gasteiger partial charge in [-0.2, -0.15) is 0 Å². The Balaban J connectivity index is 2.10. The number of rotatable bonds is 5. The molecule has 3 rings (SSSR count). The van der Waals surface area contributed by atoms with Gasteiger partial charge in [-0.25, -0.2) is 9.37 Å². The number of aliphatic hydroxyl groups is 1. The van der Waals surface area contributed by atoms with Crippen LogP contribution in [0.2, 0.25) is 0 Å². The zero-order valence-corrected chi connectivity index (χ0v) is 13.9. The molecular weight excluding hydrogens is 339 g/mol. The highest BCUT2D eigenvalue weighted by Gasteiger charge is 2.11. The molecule has 0 bridgehead atoms. The molecular formula is C18H17FN4O3. The van der Waals surface area contributed by atoms with Crippen molar-refractivity contribution >= 4 is 23.0 Å². The summed E-state index contributed by atoms with van der Waals surface area (Å²) in [5, 5.41) is 10.2.